The molecule has 1 saturated heterocycles. The van der Waals surface area contributed by atoms with Gasteiger partial charge in [-0.3, -0.25) is 24.0 Å². The molecule has 1 N–H and O–H groups in total. The quantitative estimate of drug-likeness (QED) is 0.307. The number of pyridine rings is 1. The molecule has 1 amide bonds. The van der Waals surface area contributed by atoms with Crippen molar-refractivity contribution in [3.8, 4) is 0 Å². The fourth-order valence-electron chi connectivity index (χ4n) is 6.02. The van der Waals surface area contributed by atoms with E-state index in [9.17, 15) is 32.7 Å². The standard InChI is InChI=1S/C29H27Cl2F3N4O4/c1-28(27(41)42)9-7-18(8-10-28)38-25(29(32,33)34)19(12-36-38)26(40)37-15-17(16-5-3-2-4-6-16)11-22(37)24(39)23-20(30)13-35-14-21(23)31/h2-6,12-14,17-18,22H,7-11,15H2,1H3,(H,41,42)/t17-,18-,22+,28-/m0/s1. The zero-order valence-corrected chi connectivity index (χ0v) is 24.0. The number of carboxylic acids is 1. The highest BCUT2D eigenvalue weighted by molar-refractivity contribution is 6.40. The molecule has 0 radical (unpaired) electrons. The second-order valence-electron chi connectivity index (χ2n) is 11.1. The summed E-state index contributed by atoms with van der Waals surface area (Å²) in [4.78, 5) is 44.4. The van der Waals surface area contributed by atoms with E-state index < -0.39 is 52.6 Å². The van der Waals surface area contributed by atoms with Gasteiger partial charge < -0.3 is 10.0 Å². The van der Waals surface area contributed by atoms with Crippen LogP contribution < -0.4 is 0 Å². The van der Waals surface area contributed by atoms with Crippen LogP contribution in [0.25, 0.3) is 0 Å². The van der Waals surface area contributed by atoms with Crippen LogP contribution in [-0.2, 0) is 11.0 Å². The monoisotopic (exact) mass is 622 g/mol. The number of carbonyl (C=O) groups excluding carboxylic acids is 2. The predicted octanol–water partition coefficient (Wildman–Crippen LogP) is 6.69. The number of aliphatic carboxylic acids is 1. The number of carboxylic acid groups (broad SMARTS) is 1. The first kappa shape index (κ1) is 30.0. The SMILES string of the molecule is C[C@]1(C(=O)O)CC[C@H](n2ncc(C(=O)N3C[C@@H](c4ccccc4)C[C@@H]3C(=O)c3c(Cl)cncc3Cl)c2C(F)(F)F)CC1. The molecular weight excluding hydrogens is 596 g/mol. The van der Waals surface area contributed by atoms with E-state index in [-0.39, 0.29) is 60.2 Å². The van der Waals surface area contributed by atoms with Gasteiger partial charge >= 0.3 is 12.1 Å². The van der Waals surface area contributed by atoms with E-state index in [1.807, 2.05) is 18.2 Å². The number of benzene rings is 1. The van der Waals surface area contributed by atoms with Crippen LogP contribution in [0.5, 0.6) is 0 Å². The number of alkyl halides is 3. The van der Waals surface area contributed by atoms with Crippen LogP contribution in [0, 0.1) is 5.41 Å². The molecule has 0 bridgehead atoms. The van der Waals surface area contributed by atoms with Crippen molar-refractivity contribution >= 4 is 40.9 Å². The third-order valence-electron chi connectivity index (χ3n) is 8.45. The van der Waals surface area contributed by atoms with Crippen LogP contribution in [0.3, 0.4) is 0 Å². The highest BCUT2D eigenvalue weighted by Gasteiger charge is 2.48. The number of rotatable bonds is 6. The van der Waals surface area contributed by atoms with Crippen LogP contribution in [0.4, 0.5) is 13.2 Å². The van der Waals surface area contributed by atoms with E-state index in [4.69, 9.17) is 23.2 Å². The van der Waals surface area contributed by atoms with Gasteiger partial charge in [-0.05, 0) is 44.6 Å². The van der Waals surface area contributed by atoms with E-state index >= 15 is 0 Å². The Morgan fingerprint density at radius 2 is 1.64 bits per heavy atom. The first-order valence-corrected chi connectivity index (χ1v) is 14.1. The minimum absolute atomic E-state index is 0.0115. The van der Waals surface area contributed by atoms with Gasteiger partial charge in [-0.15, -0.1) is 0 Å². The van der Waals surface area contributed by atoms with Crippen molar-refractivity contribution in [2.75, 3.05) is 6.54 Å². The molecule has 1 aromatic carbocycles. The summed E-state index contributed by atoms with van der Waals surface area (Å²) in [5.74, 6) is -2.92. The molecule has 13 heteroatoms. The Labute approximate surface area is 249 Å². The van der Waals surface area contributed by atoms with Crippen LogP contribution in [0.15, 0.2) is 48.9 Å². The highest BCUT2D eigenvalue weighted by Crippen LogP contribution is 2.44. The zero-order chi connectivity index (χ0) is 30.4. The van der Waals surface area contributed by atoms with Crippen molar-refractivity contribution in [1.29, 1.82) is 0 Å². The summed E-state index contributed by atoms with van der Waals surface area (Å²) in [6, 6.07) is 7.21. The number of ketones is 1. The smallest absolute Gasteiger partial charge is 0.433 e. The van der Waals surface area contributed by atoms with E-state index in [0.717, 1.165) is 21.3 Å². The molecule has 2 aliphatic rings. The molecule has 222 valence electrons. The van der Waals surface area contributed by atoms with Crippen molar-refractivity contribution in [2.24, 2.45) is 5.41 Å². The molecule has 2 aromatic heterocycles. The number of Topliss-reactive ketones (excluding diaryl/α,β-unsaturated/α-hetero) is 1. The van der Waals surface area contributed by atoms with Crippen LogP contribution >= 0.6 is 23.2 Å². The van der Waals surface area contributed by atoms with Gasteiger partial charge in [-0.25, -0.2) is 0 Å². The normalized spacial score (nSPS) is 24.5. The first-order valence-electron chi connectivity index (χ1n) is 13.4. The summed E-state index contributed by atoms with van der Waals surface area (Å²) in [7, 11) is 0. The number of halogens is 5. The molecular formula is C29H27Cl2F3N4O4. The average Bonchev–Trinajstić information content (AvgIpc) is 3.59. The van der Waals surface area contributed by atoms with Crippen LogP contribution in [-0.4, -0.2) is 55.0 Å². The lowest BCUT2D eigenvalue weighted by molar-refractivity contribution is -0.152. The Hall–Kier alpha value is -3.44. The first-order chi connectivity index (χ1) is 19.8. The Balaban J connectivity index is 1.52. The van der Waals surface area contributed by atoms with Gasteiger partial charge in [0.1, 0.15) is 0 Å². The van der Waals surface area contributed by atoms with Gasteiger partial charge in [0.2, 0.25) is 0 Å². The van der Waals surface area contributed by atoms with Crippen molar-refractivity contribution in [3.63, 3.8) is 0 Å². The minimum atomic E-state index is -4.94. The number of likely N-dealkylation sites (tertiary alicyclic amines) is 1. The molecule has 42 heavy (non-hydrogen) atoms. The number of hydrogen-bond donors (Lipinski definition) is 1. The molecule has 1 aliphatic carbocycles. The van der Waals surface area contributed by atoms with Gasteiger partial charge in [0, 0.05) is 24.9 Å². The molecule has 2 fully saturated rings. The third-order valence-corrected chi connectivity index (χ3v) is 9.02. The number of carbonyl (C=O) groups is 3. The van der Waals surface area contributed by atoms with Crippen molar-refractivity contribution < 1.29 is 32.7 Å². The molecule has 3 heterocycles. The highest BCUT2D eigenvalue weighted by atomic mass is 35.5. The lowest BCUT2D eigenvalue weighted by atomic mass is 9.74. The molecule has 8 nitrogen and oxygen atoms in total. The Morgan fingerprint density at radius 1 is 1.02 bits per heavy atom. The molecule has 1 saturated carbocycles. The minimum Gasteiger partial charge on any atom is -0.481 e. The van der Waals surface area contributed by atoms with E-state index in [1.54, 1.807) is 19.1 Å². The largest absolute Gasteiger partial charge is 0.481 e. The maximum atomic E-state index is 14.6. The number of nitrogens with zero attached hydrogens (tertiary/aromatic N) is 4. The lowest BCUT2D eigenvalue weighted by Gasteiger charge is -2.34. The summed E-state index contributed by atoms with van der Waals surface area (Å²) in [6.45, 7) is 1.56. The summed E-state index contributed by atoms with van der Waals surface area (Å²) >= 11 is 12.5. The Bertz CT molecular complexity index is 1500. The van der Waals surface area contributed by atoms with Gasteiger partial charge in [0.15, 0.2) is 11.5 Å². The zero-order valence-electron chi connectivity index (χ0n) is 22.4. The second-order valence-corrected chi connectivity index (χ2v) is 11.9. The number of hydrogen-bond acceptors (Lipinski definition) is 5. The van der Waals surface area contributed by atoms with Gasteiger partial charge in [0.25, 0.3) is 5.91 Å². The van der Waals surface area contributed by atoms with Crippen molar-refractivity contribution in [1.82, 2.24) is 19.7 Å². The Kier molecular flexibility index (Phi) is 8.10. The fraction of sp³-hybridized carbons (Fsp3) is 0.414. The summed E-state index contributed by atoms with van der Waals surface area (Å²) in [5, 5.41) is 13.5. The Morgan fingerprint density at radius 3 is 2.21 bits per heavy atom. The molecule has 3 aromatic rings. The summed E-state index contributed by atoms with van der Waals surface area (Å²) in [5.41, 5.74) is -2.15. The molecule has 1 aliphatic heterocycles. The lowest BCUT2D eigenvalue weighted by Crippen LogP contribution is -2.41. The molecule has 0 unspecified atom stereocenters. The summed E-state index contributed by atoms with van der Waals surface area (Å²) in [6.07, 6.45) is -0.781. The molecule has 5 rings (SSSR count). The van der Waals surface area contributed by atoms with Gasteiger partial charge in [0.05, 0.1) is 44.9 Å². The van der Waals surface area contributed by atoms with Crippen LogP contribution in [0.1, 0.15) is 83.0 Å². The maximum Gasteiger partial charge on any atom is 0.433 e. The maximum absolute atomic E-state index is 14.6. The number of aromatic nitrogens is 3. The molecule has 2 atom stereocenters. The van der Waals surface area contributed by atoms with Gasteiger partial charge in [-0.1, -0.05) is 53.5 Å². The molecule has 0 spiro atoms. The van der Waals surface area contributed by atoms with Gasteiger partial charge in [-0.2, -0.15) is 18.3 Å². The van der Waals surface area contributed by atoms with E-state index in [1.165, 1.54) is 12.4 Å². The van der Waals surface area contributed by atoms with Crippen molar-refractivity contribution in [2.45, 2.75) is 63.2 Å². The summed E-state index contributed by atoms with van der Waals surface area (Å²) < 4.78 is 44.5. The van der Waals surface area contributed by atoms with E-state index in [2.05, 4.69) is 10.1 Å². The van der Waals surface area contributed by atoms with E-state index in [0.29, 0.717) is 0 Å². The van der Waals surface area contributed by atoms with Crippen molar-refractivity contribution in [3.05, 3.63) is 81.4 Å². The number of amides is 1. The second kappa shape index (κ2) is 11.3. The average molecular weight is 623 g/mol. The van der Waals surface area contributed by atoms with Crippen LogP contribution in [0.2, 0.25) is 10.0 Å². The topological polar surface area (TPSA) is 105 Å². The third kappa shape index (κ3) is 5.51. The predicted molar refractivity (Wildman–Crippen MR) is 148 cm³/mol. The fourth-order valence-corrected chi connectivity index (χ4v) is 6.57.